The first-order chi connectivity index (χ1) is 11.6. The molecule has 0 radical (unpaired) electrons. The zero-order valence-corrected chi connectivity index (χ0v) is 15.0. The van der Waals surface area contributed by atoms with Gasteiger partial charge in [-0.1, -0.05) is 43.5 Å². The SMILES string of the molecule is Cc1ccccc1CN(C(=O)c1cc(C)n(C)n1)C1CCCCC1. The summed E-state index contributed by atoms with van der Waals surface area (Å²) in [4.78, 5) is 15.2. The highest BCUT2D eigenvalue weighted by Crippen LogP contribution is 2.26. The molecule has 4 nitrogen and oxygen atoms in total. The highest BCUT2D eigenvalue weighted by Gasteiger charge is 2.28. The molecule has 128 valence electrons. The first-order valence-electron chi connectivity index (χ1n) is 8.92. The summed E-state index contributed by atoms with van der Waals surface area (Å²) in [5.41, 5.74) is 4.04. The molecule has 0 saturated heterocycles. The Hall–Kier alpha value is -2.10. The van der Waals surface area contributed by atoms with Gasteiger partial charge in [0.25, 0.3) is 5.91 Å². The van der Waals surface area contributed by atoms with Crippen molar-refractivity contribution in [2.75, 3.05) is 0 Å². The van der Waals surface area contributed by atoms with Crippen molar-refractivity contribution in [3.05, 3.63) is 52.8 Å². The predicted molar refractivity (Wildman–Crippen MR) is 95.9 cm³/mol. The van der Waals surface area contributed by atoms with Gasteiger partial charge in [0.2, 0.25) is 0 Å². The summed E-state index contributed by atoms with van der Waals surface area (Å²) in [6.45, 7) is 4.77. The molecule has 0 aliphatic heterocycles. The van der Waals surface area contributed by atoms with Crippen LogP contribution in [0, 0.1) is 13.8 Å². The summed E-state index contributed by atoms with van der Waals surface area (Å²) < 4.78 is 1.78. The van der Waals surface area contributed by atoms with Crippen LogP contribution in [0.5, 0.6) is 0 Å². The summed E-state index contributed by atoms with van der Waals surface area (Å²) in [6.07, 6.45) is 5.91. The molecule has 1 heterocycles. The van der Waals surface area contributed by atoms with Gasteiger partial charge in [-0.05, 0) is 43.9 Å². The highest BCUT2D eigenvalue weighted by atomic mass is 16.2. The van der Waals surface area contributed by atoms with Crippen molar-refractivity contribution in [1.29, 1.82) is 0 Å². The third-order valence-corrected chi connectivity index (χ3v) is 5.21. The lowest BCUT2D eigenvalue weighted by Crippen LogP contribution is -2.41. The van der Waals surface area contributed by atoms with E-state index in [2.05, 4.69) is 35.1 Å². The van der Waals surface area contributed by atoms with Crippen molar-refractivity contribution in [1.82, 2.24) is 14.7 Å². The molecule has 0 N–H and O–H groups in total. The minimum absolute atomic E-state index is 0.0638. The van der Waals surface area contributed by atoms with Gasteiger partial charge in [-0.25, -0.2) is 0 Å². The van der Waals surface area contributed by atoms with Gasteiger partial charge in [-0.15, -0.1) is 0 Å². The van der Waals surface area contributed by atoms with E-state index < -0.39 is 0 Å². The molecular weight excluding hydrogens is 298 g/mol. The summed E-state index contributed by atoms with van der Waals surface area (Å²) in [6, 6.07) is 10.6. The van der Waals surface area contributed by atoms with Crippen LogP contribution in [0.2, 0.25) is 0 Å². The minimum Gasteiger partial charge on any atom is -0.330 e. The van der Waals surface area contributed by atoms with Crippen molar-refractivity contribution in [2.45, 2.75) is 58.5 Å². The Kier molecular flexibility index (Phi) is 5.03. The molecule has 1 aliphatic rings. The van der Waals surface area contributed by atoms with Crippen LogP contribution < -0.4 is 0 Å². The monoisotopic (exact) mass is 325 g/mol. The first kappa shape index (κ1) is 16.7. The molecule has 0 unspecified atom stereocenters. The molecule has 1 fully saturated rings. The van der Waals surface area contributed by atoms with Gasteiger partial charge in [0.1, 0.15) is 0 Å². The average Bonchev–Trinajstić information content (AvgIpc) is 2.93. The van der Waals surface area contributed by atoms with Crippen LogP contribution in [-0.4, -0.2) is 26.6 Å². The molecule has 1 amide bonds. The number of aryl methyl sites for hydroxylation is 3. The van der Waals surface area contributed by atoms with Crippen molar-refractivity contribution in [2.24, 2.45) is 7.05 Å². The van der Waals surface area contributed by atoms with Crippen LogP contribution in [-0.2, 0) is 13.6 Å². The van der Waals surface area contributed by atoms with E-state index in [1.54, 1.807) is 4.68 Å². The quantitative estimate of drug-likeness (QED) is 0.852. The Labute approximate surface area is 144 Å². The molecule has 0 spiro atoms. The number of carbonyl (C=O) groups excluding carboxylic acids is 1. The smallest absolute Gasteiger partial charge is 0.274 e. The molecule has 0 bridgehead atoms. The van der Waals surface area contributed by atoms with E-state index in [4.69, 9.17) is 0 Å². The molecule has 3 rings (SSSR count). The van der Waals surface area contributed by atoms with Gasteiger partial charge in [0, 0.05) is 25.3 Å². The molecule has 2 aromatic rings. The molecule has 1 aromatic heterocycles. The molecule has 24 heavy (non-hydrogen) atoms. The van der Waals surface area contributed by atoms with Crippen LogP contribution in [0.25, 0.3) is 0 Å². The second-order valence-electron chi connectivity index (χ2n) is 6.95. The van der Waals surface area contributed by atoms with Gasteiger partial charge < -0.3 is 4.90 Å². The van der Waals surface area contributed by atoms with E-state index in [1.165, 1.54) is 30.4 Å². The number of nitrogens with zero attached hydrogens (tertiary/aromatic N) is 3. The average molecular weight is 325 g/mol. The lowest BCUT2D eigenvalue weighted by Gasteiger charge is -2.34. The summed E-state index contributed by atoms with van der Waals surface area (Å²) >= 11 is 0. The minimum atomic E-state index is 0.0638. The maximum absolute atomic E-state index is 13.2. The second-order valence-corrected chi connectivity index (χ2v) is 6.95. The predicted octanol–water partition coefficient (Wildman–Crippen LogP) is 4.01. The number of aromatic nitrogens is 2. The van der Waals surface area contributed by atoms with Crippen molar-refractivity contribution >= 4 is 5.91 Å². The Morgan fingerprint density at radius 1 is 1.21 bits per heavy atom. The fourth-order valence-corrected chi connectivity index (χ4v) is 3.54. The fraction of sp³-hybridized carbons (Fsp3) is 0.500. The van der Waals surface area contributed by atoms with Crippen molar-refractivity contribution in [3.63, 3.8) is 0 Å². The Bertz CT molecular complexity index is 694. The van der Waals surface area contributed by atoms with Gasteiger partial charge in [0.05, 0.1) is 0 Å². The van der Waals surface area contributed by atoms with Gasteiger partial charge in [-0.3, -0.25) is 9.48 Å². The normalized spacial score (nSPS) is 15.5. The number of hydrogen-bond donors (Lipinski definition) is 0. The number of rotatable bonds is 4. The number of hydrogen-bond acceptors (Lipinski definition) is 2. The van der Waals surface area contributed by atoms with Gasteiger partial charge >= 0.3 is 0 Å². The van der Waals surface area contributed by atoms with Crippen LogP contribution in [0.3, 0.4) is 0 Å². The third-order valence-electron chi connectivity index (χ3n) is 5.21. The standard InChI is InChI=1S/C20H27N3O/c1-15-9-7-8-10-17(15)14-23(18-11-5-4-6-12-18)20(24)19-13-16(2)22(3)21-19/h7-10,13,18H,4-6,11-12,14H2,1-3H3. The van der Waals surface area contributed by atoms with Crippen molar-refractivity contribution in [3.8, 4) is 0 Å². The van der Waals surface area contributed by atoms with Gasteiger partial charge in [-0.2, -0.15) is 5.10 Å². The Morgan fingerprint density at radius 2 is 1.92 bits per heavy atom. The lowest BCUT2D eigenvalue weighted by molar-refractivity contribution is 0.0607. The maximum Gasteiger partial charge on any atom is 0.274 e. The molecule has 1 aromatic carbocycles. The van der Waals surface area contributed by atoms with Gasteiger partial charge in [0.15, 0.2) is 5.69 Å². The topological polar surface area (TPSA) is 38.1 Å². The van der Waals surface area contributed by atoms with Crippen LogP contribution in [0.1, 0.15) is 59.4 Å². The van der Waals surface area contributed by atoms with E-state index in [9.17, 15) is 4.79 Å². The van der Waals surface area contributed by atoms with E-state index in [1.807, 2.05) is 26.1 Å². The summed E-state index contributed by atoms with van der Waals surface area (Å²) in [5, 5.41) is 4.42. The number of carbonyl (C=O) groups is 1. The molecule has 4 heteroatoms. The molecule has 1 aliphatic carbocycles. The van der Waals surface area contributed by atoms with E-state index in [-0.39, 0.29) is 5.91 Å². The van der Waals surface area contributed by atoms with Crippen LogP contribution >= 0.6 is 0 Å². The summed E-state index contributed by atoms with van der Waals surface area (Å²) in [5.74, 6) is 0.0638. The largest absolute Gasteiger partial charge is 0.330 e. The maximum atomic E-state index is 13.2. The molecule has 0 atom stereocenters. The zero-order valence-electron chi connectivity index (χ0n) is 15.0. The number of amides is 1. The second kappa shape index (κ2) is 7.20. The highest BCUT2D eigenvalue weighted by molar-refractivity contribution is 5.92. The number of benzene rings is 1. The zero-order chi connectivity index (χ0) is 17.1. The molecule has 1 saturated carbocycles. The Morgan fingerprint density at radius 3 is 2.54 bits per heavy atom. The lowest BCUT2D eigenvalue weighted by atomic mass is 9.93. The summed E-state index contributed by atoms with van der Waals surface area (Å²) in [7, 11) is 1.89. The molecular formula is C20H27N3O. The van der Waals surface area contributed by atoms with E-state index in [0.717, 1.165) is 18.5 Å². The first-order valence-corrected chi connectivity index (χ1v) is 8.92. The third kappa shape index (κ3) is 3.53. The van der Waals surface area contributed by atoms with Crippen molar-refractivity contribution < 1.29 is 4.79 Å². The van der Waals surface area contributed by atoms with E-state index in [0.29, 0.717) is 18.3 Å². The Balaban J connectivity index is 1.89. The fourth-order valence-electron chi connectivity index (χ4n) is 3.54. The van der Waals surface area contributed by atoms with Crippen LogP contribution in [0.15, 0.2) is 30.3 Å². The van der Waals surface area contributed by atoms with Crippen LogP contribution in [0.4, 0.5) is 0 Å². The van der Waals surface area contributed by atoms with E-state index >= 15 is 0 Å².